The molecule has 0 spiro atoms. The Balaban J connectivity index is 1.56. The monoisotopic (exact) mass is 400 g/mol. The smallest absolute Gasteiger partial charge is 0.244 e. The van der Waals surface area contributed by atoms with Crippen molar-refractivity contribution in [2.75, 3.05) is 7.11 Å². The highest BCUT2D eigenvalue weighted by molar-refractivity contribution is 7.89. The van der Waals surface area contributed by atoms with Crippen molar-refractivity contribution >= 4 is 22.0 Å². The zero-order valence-electron chi connectivity index (χ0n) is 15.9. The Hall–Kier alpha value is -2.64. The van der Waals surface area contributed by atoms with Gasteiger partial charge in [0, 0.05) is 24.2 Å². The number of nitrogens with one attached hydrogen (secondary N) is 2. The minimum atomic E-state index is -3.45. The highest BCUT2D eigenvalue weighted by atomic mass is 32.2. The van der Waals surface area contributed by atoms with Gasteiger partial charge in [0.25, 0.3) is 0 Å². The van der Waals surface area contributed by atoms with Crippen molar-refractivity contribution in [2.24, 2.45) is 0 Å². The fourth-order valence-electron chi connectivity index (χ4n) is 2.67. The second-order valence-electron chi connectivity index (χ2n) is 6.84. The third-order valence-electron chi connectivity index (χ3n) is 4.40. The number of aryl methyl sites for hydroxylation is 1. The van der Waals surface area contributed by atoms with Crippen molar-refractivity contribution in [1.82, 2.24) is 10.0 Å². The summed E-state index contributed by atoms with van der Waals surface area (Å²) >= 11 is 0. The van der Waals surface area contributed by atoms with Crippen LogP contribution in [0.4, 0.5) is 0 Å². The van der Waals surface area contributed by atoms with E-state index < -0.39 is 10.0 Å². The summed E-state index contributed by atoms with van der Waals surface area (Å²) in [5.41, 5.74) is 2.72. The normalized spacial score (nSPS) is 14.2. The van der Waals surface area contributed by atoms with Crippen LogP contribution in [0, 0.1) is 6.92 Å². The van der Waals surface area contributed by atoms with Crippen LogP contribution in [0.15, 0.2) is 53.4 Å². The summed E-state index contributed by atoms with van der Waals surface area (Å²) in [5.74, 6) is 0.460. The van der Waals surface area contributed by atoms with Gasteiger partial charge in [0.1, 0.15) is 5.75 Å². The summed E-state index contributed by atoms with van der Waals surface area (Å²) in [6.45, 7) is 2.28. The molecule has 0 aromatic heterocycles. The van der Waals surface area contributed by atoms with Crippen LogP contribution < -0.4 is 14.8 Å². The van der Waals surface area contributed by atoms with Gasteiger partial charge in [0.15, 0.2) is 0 Å². The molecule has 7 heteroatoms. The van der Waals surface area contributed by atoms with Crippen molar-refractivity contribution < 1.29 is 17.9 Å². The first kappa shape index (κ1) is 20.1. The predicted octanol–water partition coefficient (Wildman–Crippen LogP) is 2.77. The number of carbonyl (C=O) groups excluding carboxylic acids is 1. The summed E-state index contributed by atoms with van der Waals surface area (Å²) in [6, 6.07) is 12.3. The lowest BCUT2D eigenvalue weighted by atomic mass is 10.1. The molecule has 0 atom stereocenters. The van der Waals surface area contributed by atoms with E-state index in [1.54, 1.807) is 37.5 Å². The number of hydrogen-bond acceptors (Lipinski definition) is 4. The van der Waals surface area contributed by atoms with Gasteiger partial charge in [-0.1, -0.05) is 23.8 Å². The van der Waals surface area contributed by atoms with Gasteiger partial charge in [-0.2, -0.15) is 0 Å². The molecule has 0 saturated heterocycles. The SMILES string of the molecule is COc1ccc(C)cc1C=CC(=O)NCc1ccc(S(=O)(=O)NC2CC2)cc1. The lowest BCUT2D eigenvalue weighted by Crippen LogP contribution is -2.25. The zero-order valence-corrected chi connectivity index (χ0v) is 16.8. The van der Waals surface area contributed by atoms with Gasteiger partial charge >= 0.3 is 0 Å². The number of benzene rings is 2. The van der Waals surface area contributed by atoms with E-state index in [2.05, 4.69) is 10.0 Å². The fourth-order valence-corrected chi connectivity index (χ4v) is 3.98. The molecule has 1 saturated carbocycles. The van der Waals surface area contributed by atoms with E-state index in [1.165, 1.54) is 6.08 Å². The summed E-state index contributed by atoms with van der Waals surface area (Å²) in [5, 5.41) is 2.79. The molecule has 0 radical (unpaired) electrons. The van der Waals surface area contributed by atoms with Crippen molar-refractivity contribution in [1.29, 1.82) is 0 Å². The lowest BCUT2D eigenvalue weighted by molar-refractivity contribution is -0.116. The van der Waals surface area contributed by atoms with Crippen LogP contribution in [-0.4, -0.2) is 27.5 Å². The first-order valence-corrected chi connectivity index (χ1v) is 10.6. The highest BCUT2D eigenvalue weighted by Gasteiger charge is 2.27. The van der Waals surface area contributed by atoms with Gasteiger partial charge < -0.3 is 10.1 Å². The van der Waals surface area contributed by atoms with Crippen LogP contribution in [-0.2, 0) is 21.4 Å². The highest BCUT2D eigenvalue weighted by Crippen LogP contribution is 2.22. The molecule has 0 aliphatic heterocycles. The summed E-state index contributed by atoms with van der Waals surface area (Å²) in [7, 11) is -1.87. The van der Waals surface area contributed by atoms with Crippen LogP contribution in [0.2, 0.25) is 0 Å². The molecular formula is C21H24N2O4S. The van der Waals surface area contributed by atoms with E-state index in [-0.39, 0.29) is 16.8 Å². The van der Waals surface area contributed by atoms with E-state index in [0.29, 0.717) is 12.3 Å². The Morgan fingerprint density at radius 2 is 1.89 bits per heavy atom. The third-order valence-corrected chi connectivity index (χ3v) is 5.94. The molecule has 1 aliphatic rings. The van der Waals surface area contributed by atoms with Crippen molar-refractivity contribution in [3.63, 3.8) is 0 Å². The van der Waals surface area contributed by atoms with Crippen LogP contribution in [0.1, 0.15) is 29.5 Å². The molecule has 1 fully saturated rings. The number of methoxy groups -OCH3 is 1. The zero-order chi connectivity index (χ0) is 20.1. The maximum Gasteiger partial charge on any atom is 0.244 e. The molecule has 1 amide bonds. The quantitative estimate of drug-likeness (QED) is 0.668. The van der Waals surface area contributed by atoms with Gasteiger partial charge in [0.05, 0.1) is 12.0 Å². The second kappa shape index (κ2) is 8.58. The Kier molecular flexibility index (Phi) is 6.16. The van der Waals surface area contributed by atoms with Gasteiger partial charge in [-0.3, -0.25) is 4.79 Å². The van der Waals surface area contributed by atoms with Crippen molar-refractivity contribution in [3.05, 3.63) is 65.2 Å². The number of carbonyl (C=O) groups is 1. The lowest BCUT2D eigenvalue weighted by Gasteiger charge is -2.07. The molecule has 2 aromatic carbocycles. The van der Waals surface area contributed by atoms with Crippen LogP contribution >= 0.6 is 0 Å². The number of amides is 1. The minimum absolute atomic E-state index is 0.0720. The first-order valence-electron chi connectivity index (χ1n) is 9.09. The van der Waals surface area contributed by atoms with Gasteiger partial charge in [0.2, 0.25) is 15.9 Å². The summed E-state index contributed by atoms with van der Waals surface area (Å²) in [4.78, 5) is 12.3. The molecule has 2 N–H and O–H groups in total. The molecule has 0 heterocycles. The topological polar surface area (TPSA) is 84.5 Å². The van der Waals surface area contributed by atoms with E-state index >= 15 is 0 Å². The average molecular weight is 401 g/mol. The van der Waals surface area contributed by atoms with E-state index in [9.17, 15) is 13.2 Å². The average Bonchev–Trinajstić information content (AvgIpc) is 3.48. The van der Waals surface area contributed by atoms with Gasteiger partial charge in [-0.15, -0.1) is 0 Å². The van der Waals surface area contributed by atoms with E-state index in [1.807, 2.05) is 25.1 Å². The summed E-state index contributed by atoms with van der Waals surface area (Å²) in [6.07, 6.45) is 4.95. The third kappa shape index (κ3) is 5.43. The van der Waals surface area contributed by atoms with E-state index in [4.69, 9.17) is 4.74 Å². The van der Waals surface area contributed by atoms with Gasteiger partial charge in [-0.25, -0.2) is 13.1 Å². The largest absolute Gasteiger partial charge is 0.496 e. The molecule has 6 nitrogen and oxygen atoms in total. The number of sulfonamides is 1. The number of hydrogen-bond donors (Lipinski definition) is 2. The minimum Gasteiger partial charge on any atom is -0.496 e. The number of rotatable bonds is 8. The fraction of sp³-hybridized carbons (Fsp3) is 0.286. The predicted molar refractivity (Wildman–Crippen MR) is 108 cm³/mol. The van der Waals surface area contributed by atoms with Gasteiger partial charge in [-0.05, 0) is 55.7 Å². The van der Waals surface area contributed by atoms with Crippen LogP contribution in [0.25, 0.3) is 6.08 Å². The maximum atomic E-state index is 12.2. The Morgan fingerprint density at radius 1 is 1.18 bits per heavy atom. The molecule has 3 rings (SSSR count). The Morgan fingerprint density at radius 3 is 2.54 bits per heavy atom. The Bertz CT molecular complexity index is 978. The molecule has 28 heavy (non-hydrogen) atoms. The molecule has 148 valence electrons. The molecule has 0 unspecified atom stereocenters. The number of ether oxygens (including phenoxy) is 1. The molecule has 2 aromatic rings. The first-order chi connectivity index (χ1) is 13.4. The molecule has 1 aliphatic carbocycles. The van der Waals surface area contributed by atoms with E-state index in [0.717, 1.165) is 29.5 Å². The van der Waals surface area contributed by atoms with Crippen LogP contribution in [0.5, 0.6) is 5.75 Å². The Labute approximate surface area is 165 Å². The molecule has 0 bridgehead atoms. The van der Waals surface area contributed by atoms with Crippen LogP contribution in [0.3, 0.4) is 0 Å². The second-order valence-corrected chi connectivity index (χ2v) is 8.55. The van der Waals surface area contributed by atoms with Crippen molar-refractivity contribution in [2.45, 2.75) is 37.2 Å². The maximum absolute atomic E-state index is 12.2. The summed E-state index contributed by atoms with van der Waals surface area (Å²) < 4.78 is 32.2. The molecular weight excluding hydrogens is 376 g/mol. The standard InChI is InChI=1S/C21H24N2O4S/c1-15-3-11-20(27-2)17(13-15)6-12-21(24)22-14-16-4-9-19(10-5-16)28(25,26)23-18-7-8-18/h3-6,9-13,18,23H,7-8,14H2,1-2H3,(H,22,24). The van der Waals surface area contributed by atoms with Crippen molar-refractivity contribution in [3.8, 4) is 5.75 Å².